The molecule has 1 heterocycles. The largest absolute Gasteiger partial charge is 0.352 e. The smallest absolute Gasteiger partial charge is 0.256 e. The van der Waals surface area contributed by atoms with E-state index in [0.717, 1.165) is 12.8 Å². The maximum Gasteiger partial charge on any atom is 0.256 e. The normalized spacial score (nSPS) is 10.7. The van der Waals surface area contributed by atoms with E-state index in [0.29, 0.717) is 35.1 Å². The van der Waals surface area contributed by atoms with Crippen LogP contribution in [-0.4, -0.2) is 24.9 Å². The van der Waals surface area contributed by atoms with Crippen molar-refractivity contribution in [3.05, 3.63) is 52.4 Å². The van der Waals surface area contributed by atoms with Crippen molar-refractivity contribution in [3.63, 3.8) is 0 Å². The first-order chi connectivity index (χ1) is 12.0. The van der Waals surface area contributed by atoms with Gasteiger partial charge < -0.3 is 16.4 Å². The molecule has 5 nitrogen and oxygen atoms in total. The number of rotatable bonds is 8. The fourth-order valence-corrected chi connectivity index (χ4v) is 3.13. The molecule has 2 aromatic rings. The zero-order valence-electron chi connectivity index (χ0n) is 14.7. The zero-order valence-corrected chi connectivity index (χ0v) is 15.5. The van der Waals surface area contributed by atoms with Crippen molar-refractivity contribution in [2.45, 2.75) is 32.6 Å². The molecule has 0 aliphatic rings. The molecule has 0 saturated carbocycles. The Balaban J connectivity index is 1.99. The van der Waals surface area contributed by atoms with E-state index in [1.165, 1.54) is 16.9 Å². The highest BCUT2D eigenvalue weighted by molar-refractivity contribution is 7.14. The number of unbranched alkanes of at least 4 members (excludes halogenated alkanes) is 1. The summed E-state index contributed by atoms with van der Waals surface area (Å²) in [4.78, 5) is 24.7. The molecule has 25 heavy (non-hydrogen) atoms. The first kappa shape index (κ1) is 19.1. The van der Waals surface area contributed by atoms with E-state index in [-0.39, 0.29) is 11.8 Å². The number of nitrogens with two attached hydrogens (primary N) is 1. The van der Waals surface area contributed by atoms with Gasteiger partial charge in [-0.2, -0.15) is 0 Å². The zero-order chi connectivity index (χ0) is 18.2. The van der Waals surface area contributed by atoms with Gasteiger partial charge in [0, 0.05) is 12.1 Å². The Morgan fingerprint density at radius 2 is 1.80 bits per heavy atom. The summed E-state index contributed by atoms with van der Waals surface area (Å²) in [6.07, 6.45) is 1.72. The lowest BCUT2D eigenvalue weighted by Crippen LogP contribution is -2.25. The quantitative estimate of drug-likeness (QED) is 0.630. The number of carbonyl (C=O) groups is 2. The van der Waals surface area contributed by atoms with E-state index >= 15 is 0 Å². The molecule has 0 bridgehead atoms. The summed E-state index contributed by atoms with van der Waals surface area (Å²) in [6.45, 7) is 5.42. The number of hydrogen-bond acceptors (Lipinski definition) is 4. The third-order valence-electron chi connectivity index (χ3n) is 3.89. The molecule has 0 spiro atoms. The molecule has 6 heteroatoms. The van der Waals surface area contributed by atoms with Crippen LogP contribution in [0.5, 0.6) is 0 Å². The van der Waals surface area contributed by atoms with Crippen LogP contribution < -0.4 is 16.4 Å². The summed E-state index contributed by atoms with van der Waals surface area (Å²) in [5.74, 6) is 0.0302. The molecule has 0 unspecified atom stereocenters. The number of anilines is 1. The van der Waals surface area contributed by atoms with E-state index < -0.39 is 0 Å². The Labute approximate surface area is 152 Å². The van der Waals surface area contributed by atoms with Crippen molar-refractivity contribution in [1.82, 2.24) is 5.32 Å². The lowest BCUT2D eigenvalue weighted by molar-refractivity contribution is 0.0954. The SMILES string of the molecule is CC(C)c1ccc(C(=O)Nc2sccc2C(=O)NCCCCN)cc1. The summed E-state index contributed by atoms with van der Waals surface area (Å²) < 4.78 is 0. The molecule has 0 aliphatic heterocycles. The van der Waals surface area contributed by atoms with Gasteiger partial charge in [-0.15, -0.1) is 11.3 Å². The second-order valence-electron chi connectivity index (χ2n) is 6.15. The molecule has 2 rings (SSSR count). The Morgan fingerprint density at radius 3 is 2.44 bits per heavy atom. The lowest BCUT2D eigenvalue weighted by Gasteiger charge is -2.09. The standard InChI is InChI=1S/C19H25N3O2S/c1-13(2)14-5-7-15(8-6-14)17(23)22-19-16(9-12-25-19)18(24)21-11-4-3-10-20/h5-9,12-13H,3-4,10-11,20H2,1-2H3,(H,21,24)(H,22,23). The minimum Gasteiger partial charge on any atom is -0.352 e. The summed E-state index contributed by atoms with van der Waals surface area (Å²) in [5, 5.41) is 8.05. The van der Waals surface area contributed by atoms with Gasteiger partial charge in [-0.1, -0.05) is 26.0 Å². The number of hydrogen-bond donors (Lipinski definition) is 3. The highest BCUT2D eigenvalue weighted by Gasteiger charge is 2.15. The van der Waals surface area contributed by atoms with E-state index in [2.05, 4.69) is 24.5 Å². The molecule has 1 aromatic heterocycles. The predicted molar refractivity (Wildman–Crippen MR) is 103 cm³/mol. The second kappa shape index (κ2) is 9.34. The highest BCUT2D eigenvalue weighted by atomic mass is 32.1. The molecule has 0 radical (unpaired) electrons. The Kier molecular flexibility index (Phi) is 7.16. The number of amides is 2. The average Bonchev–Trinajstić information content (AvgIpc) is 3.06. The average molecular weight is 359 g/mol. The van der Waals surface area contributed by atoms with Crippen molar-refractivity contribution in [2.75, 3.05) is 18.4 Å². The second-order valence-corrected chi connectivity index (χ2v) is 7.06. The first-order valence-corrected chi connectivity index (χ1v) is 9.38. The number of thiophene rings is 1. The van der Waals surface area contributed by atoms with Gasteiger partial charge in [0.05, 0.1) is 5.56 Å². The minimum absolute atomic E-state index is 0.177. The van der Waals surface area contributed by atoms with Gasteiger partial charge in [-0.3, -0.25) is 9.59 Å². The van der Waals surface area contributed by atoms with Crippen molar-refractivity contribution in [1.29, 1.82) is 0 Å². The van der Waals surface area contributed by atoms with Crippen LogP contribution in [0.4, 0.5) is 5.00 Å². The molecule has 2 amide bonds. The number of carbonyl (C=O) groups excluding carboxylic acids is 2. The van der Waals surface area contributed by atoms with Crippen LogP contribution >= 0.6 is 11.3 Å². The van der Waals surface area contributed by atoms with Crippen LogP contribution in [0.3, 0.4) is 0 Å². The van der Waals surface area contributed by atoms with Gasteiger partial charge in [0.1, 0.15) is 5.00 Å². The molecule has 134 valence electrons. The van der Waals surface area contributed by atoms with E-state index in [9.17, 15) is 9.59 Å². The topological polar surface area (TPSA) is 84.2 Å². The molecule has 0 fully saturated rings. The monoisotopic (exact) mass is 359 g/mol. The lowest BCUT2D eigenvalue weighted by atomic mass is 10.0. The van der Waals surface area contributed by atoms with Crippen LogP contribution in [0.25, 0.3) is 0 Å². The maximum atomic E-state index is 12.4. The third-order valence-corrected chi connectivity index (χ3v) is 4.72. The minimum atomic E-state index is -0.213. The van der Waals surface area contributed by atoms with Gasteiger partial charge in [-0.05, 0) is 54.4 Å². The molecule has 0 atom stereocenters. The summed E-state index contributed by atoms with van der Waals surface area (Å²) in [5.41, 5.74) is 7.69. The van der Waals surface area contributed by atoms with E-state index in [4.69, 9.17) is 5.73 Å². The van der Waals surface area contributed by atoms with Crippen molar-refractivity contribution in [2.24, 2.45) is 5.73 Å². The van der Waals surface area contributed by atoms with Crippen LogP contribution in [0.15, 0.2) is 35.7 Å². The third kappa shape index (κ3) is 5.41. The molecular weight excluding hydrogens is 334 g/mol. The summed E-state index contributed by atoms with van der Waals surface area (Å²) in [6, 6.07) is 9.26. The first-order valence-electron chi connectivity index (χ1n) is 8.50. The van der Waals surface area contributed by atoms with Gasteiger partial charge in [0.15, 0.2) is 0 Å². The van der Waals surface area contributed by atoms with Gasteiger partial charge in [0.25, 0.3) is 11.8 Å². The van der Waals surface area contributed by atoms with E-state index in [1.54, 1.807) is 11.4 Å². The van der Waals surface area contributed by atoms with E-state index in [1.807, 2.05) is 24.3 Å². The summed E-state index contributed by atoms with van der Waals surface area (Å²) >= 11 is 1.34. The fraction of sp³-hybridized carbons (Fsp3) is 0.368. The molecule has 1 aromatic carbocycles. The summed E-state index contributed by atoms with van der Waals surface area (Å²) in [7, 11) is 0. The van der Waals surface area contributed by atoms with Crippen LogP contribution in [-0.2, 0) is 0 Å². The fourth-order valence-electron chi connectivity index (χ4n) is 2.35. The van der Waals surface area contributed by atoms with Crippen molar-refractivity contribution < 1.29 is 9.59 Å². The Hall–Kier alpha value is -2.18. The van der Waals surface area contributed by atoms with Crippen LogP contribution in [0.1, 0.15) is 58.9 Å². The van der Waals surface area contributed by atoms with Crippen LogP contribution in [0.2, 0.25) is 0 Å². The molecule has 0 saturated heterocycles. The van der Waals surface area contributed by atoms with Crippen molar-refractivity contribution >= 4 is 28.2 Å². The Bertz CT molecular complexity index is 708. The molecule has 0 aliphatic carbocycles. The Morgan fingerprint density at radius 1 is 1.08 bits per heavy atom. The van der Waals surface area contributed by atoms with Crippen LogP contribution in [0, 0.1) is 0 Å². The van der Waals surface area contributed by atoms with Gasteiger partial charge in [-0.25, -0.2) is 0 Å². The molecule has 4 N–H and O–H groups in total. The highest BCUT2D eigenvalue weighted by Crippen LogP contribution is 2.24. The number of benzene rings is 1. The predicted octanol–water partition coefficient (Wildman–Crippen LogP) is 3.59. The van der Waals surface area contributed by atoms with Gasteiger partial charge >= 0.3 is 0 Å². The maximum absolute atomic E-state index is 12.4. The molecular formula is C19H25N3O2S. The van der Waals surface area contributed by atoms with Crippen molar-refractivity contribution in [3.8, 4) is 0 Å². The van der Waals surface area contributed by atoms with Gasteiger partial charge in [0.2, 0.25) is 0 Å². The number of nitrogens with one attached hydrogen (secondary N) is 2.